The minimum Gasteiger partial charge on any atom is -0.497 e. The Hall–Kier alpha value is -1.22. The van der Waals surface area contributed by atoms with Crippen LogP contribution in [0.2, 0.25) is 0 Å². The van der Waals surface area contributed by atoms with E-state index in [1.807, 2.05) is 18.2 Å². The van der Waals surface area contributed by atoms with Crippen molar-refractivity contribution in [2.75, 3.05) is 14.2 Å². The first-order valence-corrected chi connectivity index (χ1v) is 5.49. The molecule has 2 unspecified atom stereocenters. The minimum atomic E-state index is 0.178. The van der Waals surface area contributed by atoms with Crippen LogP contribution in [-0.4, -0.2) is 20.3 Å². The molecular formula is C13H19NO2. The fourth-order valence-corrected chi connectivity index (χ4v) is 2.32. The van der Waals surface area contributed by atoms with E-state index in [2.05, 4.69) is 13.8 Å². The number of nitrogens with two attached hydrogens (primary N) is 1. The van der Waals surface area contributed by atoms with Crippen molar-refractivity contribution in [3.05, 3.63) is 23.8 Å². The molecule has 88 valence electrons. The van der Waals surface area contributed by atoms with E-state index < -0.39 is 0 Å². The molecule has 16 heavy (non-hydrogen) atoms. The summed E-state index contributed by atoms with van der Waals surface area (Å²) < 4.78 is 10.5. The van der Waals surface area contributed by atoms with E-state index in [0.29, 0.717) is 5.92 Å². The Morgan fingerprint density at radius 1 is 1.06 bits per heavy atom. The molecule has 0 aromatic heterocycles. The molecule has 1 aromatic rings. The molecule has 1 aliphatic carbocycles. The van der Waals surface area contributed by atoms with E-state index in [4.69, 9.17) is 15.2 Å². The number of hydrogen-bond acceptors (Lipinski definition) is 3. The van der Waals surface area contributed by atoms with Gasteiger partial charge in [0.15, 0.2) is 0 Å². The first-order chi connectivity index (χ1) is 7.50. The predicted octanol–water partition coefficient (Wildman–Crippen LogP) is 2.15. The second-order valence-electron chi connectivity index (χ2n) is 4.97. The lowest BCUT2D eigenvalue weighted by atomic mass is 10.0. The average molecular weight is 221 g/mol. The summed E-state index contributed by atoms with van der Waals surface area (Å²) in [6.07, 6.45) is 0. The lowest BCUT2D eigenvalue weighted by molar-refractivity contribution is 0.393. The van der Waals surface area contributed by atoms with Crippen molar-refractivity contribution in [1.29, 1.82) is 0 Å². The molecule has 1 aromatic carbocycles. The number of rotatable bonds is 3. The van der Waals surface area contributed by atoms with Gasteiger partial charge in [-0.05, 0) is 23.1 Å². The number of benzene rings is 1. The SMILES string of the molecule is COc1cc(OC)cc(C2C(N)C2(C)C)c1. The van der Waals surface area contributed by atoms with Crippen LogP contribution >= 0.6 is 0 Å². The molecule has 3 nitrogen and oxygen atoms in total. The van der Waals surface area contributed by atoms with Crippen LogP contribution in [-0.2, 0) is 0 Å². The van der Waals surface area contributed by atoms with E-state index in [9.17, 15) is 0 Å². The molecule has 0 spiro atoms. The van der Waals surface area contributed by atoms with Crippen LogP contribution in [0.1, 0.15) is 25.3 Å². The summed E-state index contributed by atoms with van der Waals surface area (Å²) >= 11 is 0. The van der Waals surface area contributed by atoms with E-state index in [1.54, 1.807) is 14.2 Å². The van der Waals surface area contributed by atoms with Gasteiger partial charge in [-0.1, -0.05) is 13.8 Å². The van der Waals surface area contributed by atoms with Gasteiger partial charge in [-0.15, -0.1) is 0 Å². The molecule has 1 saturated carbocycles. The fraction of sp³-hybridized carbons (Fsp3) is 0.538. The zero-order chi connectivity index (χ0) is 11.9. The van der Waals surface area contributed by atoms with Crippen LogP contribution in [0.3, 0.4) is 0 Å². The Morgan fingerprint density at radius 2 is 1.50 bits per heavy atom. The van der Waals surface area contributed by atoms with Crippen LogP contribution in [0.5, 0.6) is 11.5 Å². The molecule has 3 heteroatoms. The van der Waals surface area contributed by atoms with Crippen LogP contribution in [0.4, 0.5) is 0 Å². The predicted molar refractivity (Wildman–Crippen MR) is 64.0 cm³/mol. The Morgan fingerprint density at radius 3 is 1.81 bits per heavy atom. The van der Waals surface area contributed by atoms with Gasteiger partial charge in [0.25, 0.3) is 0 Å². The lowest BCUT2D eigenvalue weighted by Gasteiger charge is -2.09. The molecule has 0 heterocycles. The Labute approximate surface area is 96.5 Å². The van der Waals surface area contributed by atoms with Gasteiger partial charge >= 0.3 is 0 Å². The number of ether oxygens (including phenoxy) is 2. The average Bonchev–Trinajstić information content (AvgIpc) is 2.77. The summed E-state index contributed by atoms with van der Waals surface area (Å²) in [6.45, 7) is 4.38. The van der Waals surface area contributed by atoms with Crippen molar-refractivity contribution < 1.29 is 9.47 Å². The van der Waals surface area contributed by atoms with Crippen molar-refractivity contribution >= 4 is 0 Å². The molecule has 0 aliphatic heterocycles. The van der Waals surface area contributed by atoms with Gasteiger partial charge in [0.1, 0.15) is 11.5 Å². The van der Waals surface area contributed by atoms with Crippen LogP contribution < -0.4 is 15.2 Å². The van der Waals surface area contributed by atoms with Gasteiger partial charge in [0, 0.05) is 18.0 Å². The highest BCUT2D eigenvalue weighted by Crippen LogP contribution is 2.58. The smallest absolute Gasteiger partial charge is 0.122 e. The van der Waals surface area contributed by atoms with Crippen molar-refractivity contribution in [1.82, 2.24) is 0 Å². The molecular weight excluding hydrogens is 202 g/mol. The molecule has 0 radical (unpaired) electrons. The monoisotopic (exact) mass is 221 g/mol. The molecule has 0 amide bonds. The molecule has 0 bridgehead atoms. The normalized spacial score (nSPS) is 26.3. The van der Waals surface area contributed by atoms with Gasteiger partial charge in [-0.3, -0.25) is 0 Å². The standard InChI is InChI=1S/C13H19NO2/c1-13(2)11(12(13)14)8-5-9(15-3)7-10(6-8)16-4/h5-7,11-12H,14H2,1-4H3. The van der Waals surface area contributed by atoms with Crippen molar-refractivity contribution in [2.45, 2.75) is 25.8 Å². The third kappa shape index (κ3) is 1.65. The molecule has 2 atom stereocenters. The topological polar surface area (TPSA) is 44.5 Å². The van der Waals surface area contributed by atoms with E-state index in [1.165, 1.54) is 5.56 Å². The second kappa shape index (κ2) is 3.67. The molecule has 2 N–H and O–H groups in total. The van der Waals surface area contributed by atoms with E-state index in [0.717, 1.165) is 11.5 Å². The number of methoxy groups -OCH3 is 2. The Bertz CT molecular complexity index is 379. The van der Waals surface area contributed by atoms with E-state index in [-0.39, 0.29) is 11.5 Å². The summed E-state index contributed by atoms with van der Waals surface area (Å²) in [5.74, 6) is 2.05. The zero-order valence-corrected chi connectivity index (χ0v) is 10.3. The van der Waals surface area contributed by atoms with Crippen molar-refractivity contribution in [3.63, 3.8) is 0 Å². The van der Waals surface area contributed by atoms with Crippen LogP contribution in [0, 0.1) is 5.41 Å². The summed E-state index contributed by atoms with van der Waals surface area (Å²) in [6, 6.07) is 6.19. The molecule has 2 rings (SSSR count). The first kappa shape index (κ1) is 11.3. The van der Waals surface area contributed by atoms with Gasteiger partial charge < -0.3 is 15.2 Å². The first-order valence-electron chi connectivity index (χ1n) is 5.49. The molecule has 1 fully saturated rings. The van der Waals surface area contributed by atoms with Gasteiger partial charge in [-0.25, -0.2) is 0 Å². The maximum atomic E-state index is 6.08. The van der Waals surface area contributed by atoms with Crippen LogP contribution in [0.15, 0.2) is 18.2 Å². The van der Waals surface area contributed by atoms with Gasteiger partial charge in [-0.2, -0.15) is 0 Å². The molecule has 0 saturated heterocycles. The highest BCUT2D eigenvalue weighted by atomic mass is 16.5. The molecule has 1 aliphatic rings. The summed E-state index contributed by atoms with van der Waals surface area (Å²) in [7, 11) is 3.33. The largest absolute Gasteiger partial charge is 0.497 e. The van der Waals surface area contributed by atoms with Gasteiger partial charge in [0.05, 0.1) is 14.2 Å². The van der Waals surface area contributed by atoms with Crippen molar-refractivity contribution in [3.8, 4) is 11.5 Å². The minimum absolute atomic E-state index is 0.178. The fourth-order valence-electron chi connectivity index (χ4n) is 2.32. The summed E-state index contributed by atoms with van der Waals surface area (Å²) in [5.41, 5.74) is 7.46. The van der Waals surface area contributed by atoms with E-state index >= 15 is 0 Å². The number of hydrogen-bond donors (Lipinski definition) is 1. The third-order valence-electron chi connectivity index (χ3n) is 3.64. The van der Waals surface area contributed by atoms with Crippen molar-refractivity contribution in [2.24, 2.45) is 11.1 Å². The quantitative estimate of drug-likeness (QED) is 0.850. The maximum absolute atomic E-state index is 6.08. The Kier molecular flexibility index (Phi) is 2.58. The highest BCUT2D eigenvalue weighted by molar-refractivity contribution is 5.44. The summed E-state index contributed by atoms with van der Waals surface area (Å²) in [4.78, 5) is 0. The van der Waals surface area contributed by atoms with Crippen LogP contribution in [0.25, 0.3) is 0 Å². The lowest BCUT2D eigenvalue weighted by Crippen LogP contribution is -2.06. The third-order valence-corrected chi connectivity index (χ3v) is 3.64. The highest BCUT2D eigenvalue weighted by Gasteiger charge is 2.56. The summed E-state index contributed by atoms with van der Waals surface area (Å²) in [5, 5.41) is 0. The zero-order valence-electron chi connectivity index (χ0n) is 10.3. The van der Waals surface area contributed by atoms with Gasteiger partial charge in [0.2, 0.25) is 0 Å². The Balaban J connectivity index is 2.35. The maximum Gasteiger partial charge on any atom is 0.122 e. The second-order valence-corrected chi connectivity index (χ2v) is 4.97.